The zero-order valence-electron chi connectivity index (χ0n) is 9.08. The van der Waals surface area contributed by atoms with Gasteiger partial charge >= 0.3 is 5.97 Å². The van der Waals surface area contributed by atoms with E-state index >= 15 is 0 Å². The SMILES string of the molecule is C[C@H](NC(=O)[C@@H]1C[C@@H](S(=O)(=O)O)CN1)C(=O)O. The summed E-state index contributed by atoms with van der Waals surface area (Å²) in [4.78, 5) is 22.0. The summed E-state index contributed by atoms with van der Waals surface area (Å²) in [6.07, 6.45) is -0.0724. The van der Waals surface area contributed by atoms with Gasteiger partial charge in [-0.1, -0.05) is 0 Å². The third-order valence-corrected chi connectivity index (χ3v) is 3.76. The molecule has 0 aromatic carbocycles. The Bertz CT molecular complexity index is 420. The molecule has 0 unspecified atom stereocenters. The van der Waals surface area contributed by atoms with Gasteiger partial charge in [-0.05, 0) is 13.3 Å². The Morgan fingerprint density at radius 2 is 2.06 bits per heavy atom. The smallest absolute Gasteiger partial charge is 0.325 e. The van der Waals surface area contributed by atoms with E-state index in [-0.39, 0.29) is 13.0 Å². The van der Waals surface area contributed by atoms with Crippen LogP contribution in [0.1, 0.15) is 13.3 Å². The molecule has 0 radical (unpaired) electrons. The minimum absolute atomic E-state index is 0.0294. The molecule has 0 saturated carbocycles. The molecule has 0 aromatic rings. The number of carbonyl (C=O) groups is 2. The van der Waals surface area contributed by atoms with E-state index in [2.05, 4.69) is 10.6 Å². The zero-order chi connectivity index (χ0) is 13.2. The third-order valence-electron chi connectivity index (χ3n) is 2.56. The number of hydrogen-bond donors (Lipinski definition) is 4. The number of carbonyl (C=O) groups excluding carboxylic acids is 1. The number of amides is 1. The lowest BCUT2D eigenvalue weighted by atomic mass is 10.2. The van der Waals surface area contributed by atoms with Gasteiger partial charge in [-0.25, -0.2) is 0 Å². The normalized spacial score (nSPS) is 26.5. The molecule has 0 bridgehead atoms. The number of rotatable bonds is 4. The highest BCUT2D eigenvalue weighted by atomic mass is 32.2. The number of carboxylic acids is 1. The van der Waals surface area contributed by atoms with Crippen LogP contribution in [0.2, 0.25) is 0 Å². The lowest BCUT2D eigenvalue weighted by molar-refractivity contribution is -0.141. The number of nitrogens with one attached hydrogen (secondary N) is 2. The molecular formula is C8H14N2O6S. The van der Waals surface area contributed by atoms with Crippen LogP contribution in [0.25, 0.3) is 0 Å². The van der Waals surface area contributed by atoms with Crippen molar-refractivity contribution < 1.29 is 27.7 Å². The van der Waals surface area contributed by atoms with Gasteiger partial charge in [0.15, 0.2) is 0 Å². The van der Waals surface area contributed by atoms with Crippen LogP contribution >= 0.6 is 0 Å². The maximum Gasteiger partial charge on any atom is 0.325 e. The summed E-state index contributed by atoms with van der Waals surface area (Å²) in [6, 6.07) is -1.85. The Morgan fingerprint density at radius 3 is 2.47 bits per heavy atom. The quantitative estimate of drug-likeness (QED) is 0.441. The first-order valence-corrected chi connectivity index (χ1v) is 6.45. The molecule has 4 N–H and O–H groups in total. The maximum atomic E-state index is 11.5. The summed E-state index contributed by atoms with van der Waals surface area (Å²) in [5.41, 5.74) is 0. The summed E-state index contributed by atoms with van der Waals surface area (Å²) in [5.74, 6) is -1.77. The summed E-state index contributed by atoms with van der Waals surface area (Å²) in [5, 5.41) is 12.4. The van der Waals surface area contributed by atoms with Gasteiger partial charge in [0.2, 0.25) is 5.91 Å². The molecule has 8 nitrogen and oxygen atoms in total. The fraction of sp³-hybridized carbons (Fsp3) is 0.750. The van der Waals surface area contributed by atoms with E-state index in [1.165, 1.54) is 6.92 Å². The monoisotopic (exact) mass is 266 g/mol. The van der Waals surface area contributed by atoms with Crippen LogP contribution in [0.15, 0.2) is 0 Å². The van der Waals surface area contributed by atoms with E-state index in [9.17, 15) is 18.0 Å². The van der Waals surface area contributed by atoms with E-state index in [0.717, 1.165) is 0 Å². The van der Waals surface area contributed by atoms with Gasteiger partial charge in [-0.3, -0.25) is 14.1 Å². The fourth-order valence-electron chi connectivity index (χ4n) is 1.51. The molecule has 3 atom stereocenters. The Kier molecular flexibility index (Phi) is 4.07. The first kappa shape index (κ1) is 13.9. The highest BCUT2D eigenvalue weighted by Gasteiger charge is 2.36. The van der Waals surface area contributed by atoms with Crippen molar-refractivity contribution in [1.82, 2.24) is 10.6 Å². The Morgan fingerprint density at radius 1 is 1.47 bits per heavy atom. The molecule has 0 spiro atoms. The molecule has 1 aliphatic heterocycles. The van der Waals surface area contributed by atoms with E-state index < -0.39 is 39.3 Å². The predicted molar refractivity (Wildman–Crippen MR) is 57.0 cm³/mol. The highest BCUT2D eigenvalue weighted by Crippen LogP contribution is 2.14. The molecule has 1 amide bonds. The third kappa shape index (κ3) is 3.65. The van der Waals surface area contributed by atoms with Gasteiger partial charge in [0.25, 0.3) is 10.1 Å². The molecule has 1 aliphatic rings. The van der Waals surface area contributed by atoms with E-state index in [4.69, 9.17) is 9.66 Å². The molecule has 9 heteroatoms. The Labute approximate surface area is 98.1 Å². The Hall–Kier alpha value is -1.19. The van der Waals surface area contributed by atoms with Crippen molar-refractivity contribution >= 4 is 22.0 Å². The van der Waals surface area contributed by atoms with Crippen LogP contribution < -0.4 is 10.6 Å². The van der Waals surface area contributed by atoms with Gasteiger partial charge in [-0.15, -0.1) is 0 Å². The van der Waals surface area contributed by atoms with E-state index in [0.29, 0.717) is 0 Å². The molecule has 0 aliphatic carbocycles. The number of carboxylic acid groups (broad SMARTS) is 1. The van der Waals surface area contributed by atoms with Gasteiger partial charge in [0, 0.05) is 6.54 Å². The second-order valence-electron chi connectivity index (χ2n) is 3.90. The molecule has 17 heavy (non-hydrogen) atoms. The number of hydrogen-bond acceptors (Lipinski definition) is 5. The van der Waals surface area contributed by atoms with Crippen molar-refractivity contribution in [3.63, 3.8) is 0 Å². The van der Waals surface area contributed by atoms with Gasteiger partial charge in [0.1, 0.15) is 11.3 Å². The Balaban J connectivity index is 2.55. The summed E-state index contributed by atoms with van der Waals surface area (Å²) in [6.45, 7) is 1.27. The van der Waals surface area contributed by atoms with Crippen molar-refractivity contribution in [2.75, 3.05) is 6.54 Å². The lowest BCUT2D eigenvalue weighted by Crippen LogP contribution is -2.46. The van der Waals surface area contributed by atoms with Crippen molar-refractivity contribution in [2.45, 2.75) is 30.7 Å². The standard InChI is InChI=1S/C8H14N2O6S/c1-4(8(12)13)10-7(11)6-2-5(3-9-6)17(14,15)16/h4-6,9H,2-3H2,1H3,(H,10,11)(H,12,13)(H,14,15,16)/t4-,5+,6-/m0/s1. The second-order valence-corrected chi connectivity index (χ2v) is 5.60. The van der Waals surface area contributed by atoms with Crippen LogP contribution in [-0.4, -0.2) is 53.8 Å². The molecule has 1 fully saturated rings. The fourth-order valence-corrected chi connectivity index (χ4v) is 2.25. The van der Waals surface area contributed by atoms with Crippen molar-refractivity contribution in [3.8, 4) is 0 Å². The summed E-state index contributed by atoms with van der Waals surface area (Å²) >= 11 is 0. The minimum Gasteiger partial charge on any atom is -0.480 e. The maximum absolute atomic E-state index is 11.5. The van der Waals surface area contributed by atoms with Crippen molar-refractivity contribution in [3.05, 3.63) is 0 Å². The molecule has 1 heterocycles. The lowest BCUT2D eigenvalue weighted by Gasteiger charge is -2.13. The molecule has 1 saturated heterocycles. The van der Waals surface area contributed by atoms with Crippen molar-refractivity contribution in [2.24, 2.45) is 0 Å². The van der Waals surface area contributed by atoms with Crippen molar-refractivity contribution in [1.29, 1.82) is 0 Å². The minimum atomic E-state index is -4.17. The van der Waals surface area contributed by atoms with Crippen LogP contribution in [-0.2, 0) is 19.7 Å². The second kappa shape index (κ2) is 4.98. The van der Waals surface area contributed by atoms with Gasteiger partial charge in [-0.2, -0.15) is 8.42 Å². The van der Waals surface area contributed by atoms with Crippen LogP contribution in [0.5, 0.6) is 0 Å². The van der Waals surface area contributed by atoms with Crippen LogP contribution in [0.3, 0.4) is 0 Å². The first-order valence-electron chi connectivity index (χ1n) is 4.94. The average Bonchev–Trinajstić information content (AvgIpc) is 2.65. The van der Waals surface area contributed by atoms with Crippen LogP contribution in [0, 0.1) is 0 Å². The van der Waals surface area contributed by atoms with E-state index in [1.807, 2.05) is 0 Å². The predicted octanol–water partition coefficient (Wildman–Crippen LogP) is -1.81. The number of aliphatic carboxylic acids is 1. The molecule has 1 rings (SSSR count). The molecular weight excluding hydrogens is 252 g/mol. The topological polar surface area (TPSA) is 133 Å². The van der Waals surface area contributed by atoms with E-state index in [1.54, 1.807) is 0 Å². The summed E-state index contributed by atoms with van der Waals surface area (Å²) < 4.78 is 30.4. The largest absolute Gasteiger partial charge is 0.480 e. The van der Waals surface area contributed by atoms with Crippen LogP contribution in [0.4, 0.5) is 0 Å². The molecule has 0 aromatic heterocycles. The van der Waals surface area contributed by atoms with Gasteiger partial charge in [0.05, 0.1) is 6.04 Å². The average molecular weight is 266 g/mol. The summed E-state index contributed by atoms with van der Waals surface area (Å²) in [7, 11) is -4.17. The molecule has 98 valence electrons. The first-order chi connectivity index (χ1) is 7.71. The zero-order valence-corrected chi connectivity index (χ0v) is 9.90. The highest BCUT2D eigenvalue weighted by molar-refractivity contribution is 7.86. The van der Waals surface area contributed by atoms with Gasteiger partial charge < -0.3 is 15.7 Å².